The topological polar surface area (TPSA) is 12.4 Å². The van der Waals surface area contributed by atoms with Gasteiger partial charge in [-0.2, -0.15) is 0 Å². The van der Waals surface area contributed by atoms with E-state index in [1.54, 1.807) is 0 Å². The van der Waals surface area contributed by atoms with Crippen LogP contribution in [0.1, 0.15) is 50.3 Å². The van der Waals surface area contributed by atoms with Gasteiger partial charge in [-0.15, -0.1) is 0 Å². The van der Waals surface area contributed by atoms with Crippen LogP contribution in [0, 0.1) is 5.92 Å². The SMILES string of the molecule is C=C(C/N=C(\C)c1ccccc1)c1ccc(C(C)C(C)C)cc1. The average Bonchev–Trinajstić information content (AvgIpc) is 2.59. The molecule has 0 bridgehead atoms. The van der Waals surface area contributed by atoms with Gasteiger partial charge in [-0.25, -0.2) is 0 Å². The van der Waals surface area contributed by atoms with Crippen LogP contribution in [0.25, 0.3) is 5.57 Å². The first-order chi connectivity index (χ1) is 11.0. The Morgan fingerprint density at radius 2 is 1.52 bits per heavy atom. The van der Waals surface area contributed by atoms with Crippen LogP contribution >= 0.6 is 0 Å². The number of nitrogens with zero attached hydrogens (tertiary/aromatic N) is 1. The Kier molecular flexibility index (Phi) is 5.92. The second-order valence-electron chi connectivity index (χ2n) is 6.53. The van der Waals surface area contributed by atoms with E-state index < -0.39 is 0 Å². The summed E-state index contributed by atoms with van der Waals surface area (Å²) in [5.41, 5.74) is 5.84. The first-order valence-electron chi connectivity index (χ1n) is 8.33. The van der Waals surface area contributed by atoms with Gasteiger partial charge >= 0.3 is 0 Å². The van der Waals surface area contributed by atoms with Crippen molar-refractivity contribution < 1.29 is 0 Å². The first kappa shape index (κ1) is 17.2. The molecule has 1 unspecified atom stereocenters. The molecular weight excluding hydrogens is 278 g/mol. The van der Waals surface area contributed by atoms with E-state index in [4.69, 9.17) is 0 Å². The predicted octanol–water partition coefficient (Wildman–Crippen LogP) is 5.97. The lowest BCUT2D eigenvalue weighted by molar-refractivity contribution is 0.535. The van der Waals surface area contributed by atoms with Gasteiger partial charge in [-0.1, -0.05) is 81.9 Å². The molecule has 0 radical (unpaired) electrons. The fourth-order valence-corrected chi connectivity index (χ4v) is 2.48. The molecule has 0 amide bonds. The summed E-state index contributed by atoms with van der Waals surface area (Å²) in [5.74, 6) is 1.23. The smallest absolute Gasteiger partial charge is 0.0643 e. The molecule has 0 saturated carbocycles. The minimum Gasteiger partial charge on any atom is -0.285 e. The number of rotatable bonds is 6. The standard InChI is InChI=1S/C22H27N/c1-16(2)18(4)21-13-11-20(12-14-21)17(3)15-23-19(5)22-9-7-6-8-10-22/h6-14,16,18H,3,15H2,1-2,4-5H3/b23-19+. The third kappa shape index (κ3) is 4.66. The average molecular weight is 305 g/mol. The largest absolute Gasteiger partial charge is 0.285 e. The van der Waals surface area contributed by atoms with E-state index >= 15 is 0 Å². The first-order valence-corrected chi connectivity index (χ1v) is 8.33. The summed E-state index contributed by atoms with van der Waals surface area (Å²) in [6.07, 6.45) is 0. The van der Waals surface area contributed by atoms with E-state index in [0.717, 1.165) is 11.3 Å². The van der Waals surface area contributed by atoms with E-state index in [-0.39, 0.29) is 0 Å². The highest BCUT2D eigenvalue weighted by atomic mass is 14.7. The van der Waals surface area contributed by atoms with Crippen molar-refractivity contribution in [2.45, 2.75) is 33.6 Å². The van der Waals surface area contributed by atoms with Crippen LogP contribution in [0.4, 0.5) is 0 Å². The Morgan fingerprint density at radius 3 is 2.09 bits per heavy atom. The van der Waals surface area contributed by atoms with E-state index in [1.807, 2.05) is 18.2 Å². The number of benzene rings is 2. The fraction of sp³-hybridized carbons (Fsp3) is 0.318. The van der Waals surface area contributed by atoms with E-state index in [9.17, 15) is 0 Å². The molecule has 0 aliphatic carbocycles. The lowest BCUT2D eigenvalue weighted by Gasteiger charge is -2.16. The molecule has 0 fully saturated rings. The highest BCUT2D eigenvalue weighted by molar-refractivity contribution is 5.99. The Morgan fingerprint density at radius 1 is 0.913 bits per heavy atom. The van der Waals surface area contributed by atoms with Crippen molar-refractivity contribution in [1.29, 1.82) is 0 Å². The third-order valence-electron chi connectivity index (χ3n) is 4.54. The van der Waals surface area contributed by atoms with Crippen LogP contribution < -0.4 is 0 Å². The quantitative estimate of drug-likeness (QED) is 0.583. The van der Waals surface area contributed by atoms with Crippen molar-refractivity contribution in [1.82, 2.24) is 0 Å². The zero-order valence-corrected chi connectivity index (χ0v) is 14.7. The molecule has 0 aromatic heterocycles. The predicted molar refractivity (Wildman–Crippen MR) is 102 cm³/mol. The van der Waals surface area contributed by atoms with Gasteiger partial charge in [0.15, 0.2) is 0 Å². The van der Waals surface area contributed by atoms with Crippen LogP contribution in [-0.2, 0) is 0 Å². The maximum atomic E-state index is 4.67. The number of hydrogen-bond donors (Lipinski definition) is 0. The molecule has 0 N–H and O–H groups in total. The number of hydrogen-bond acceptors (Lipinski definition) is 1. The molecular formula is C22H27N. The van der Waals surface area contributed by atoms with E-state index in [1.165, 1.54) is 16.7 Å². The maximum Gasteiger partial charge on any atom is 0.0643 e. The van der Waals surface area contributed by atoms with Crippen molar-refractivity contribution in [3.8, 4) is 0 Å². The molecule has 0 aliphatic heterocycles. The van der Waals surface area contributed by atoms with E-state index in [0.29, 0.717) is 18.4 Å². The highest BCUT2D eigenvalue weighted by Crippen LogP contribution is 2.25. The van der Waals surface area contributed by atoms with Crippen molar-refractivity contribution >= 4 is 11.3 Å². The van der Waals surface area contributed by atoms with Gasteiger partial charge < -0.3 is 0 Å². The summed E-state index contributed by atoms with van der Waals surface area (Å²) in [5, 5.41) is 0. The summed E-state index contributed by atoms with van der Waals surface area (Å²) in [6, 6.07) is 19.1. The highest BCUT2D eigenvalue weighted by Gasteiger charge is 2.09. The zero-order valence-electron chi connectivity index (χ0n) is 14.7. The molecule has 2 aromatic rings. The summed E-state index contributed by atoms with van der Waals surface area (Å²) in [4.78, 5) is 4.67. The molecule has 1 nitrogen and oxygen atoms in total. The minimum atomic E-state index is 0.579. The van der Waals surface area contributed by atoms with Gasteiger partial charge in [0.2, 0.25) is 0 Å². The Balaban J connectivity index is 2.04. The Labute approximate surface area is 140 Å². The Hall–Kier alpha value is -2.15. The Bertz CT molecular complexity index is 663. The summed E-state index contributed by atoms with van der Waals surface area (Å²) in [7, 11) is 0. The summed E-state index contributed by atoms with van der Waals surface area (Å²) in [6.45, 7) is 13.7. The van der Waals surface area contributed by atoms with E-state index in [2.05, 4.69) is 75.7 Å². The van der Waals surface area contributed by atoms with Gasteiger partial charge in [0.1, 0.15) is 0 Å². The van der Waals surface area contributed by atoms with Crippen LogP contribution in [0.3, 0.4) is 0 Å². The third-order valence-corrected chi connectivity index (χ3v) is 4.54. The van der Waals surface area contributed by atoms with Crippen molar-refractivity contribution in [3.05, 3.63) is 77.9 Å². The maximum absolute atomic E-state index is 4.67. The summed E-state index contributed by atoms with van der Waals surface area (Å²) < 4.78 is 0. The molecule has 120 valence electrons. The van der Waals surface area contributed by atoms with Crippen LogP contribution in [0.15, 0.2) is 66.2 Å². The van der Waals surface area contributed by atoms with Crippen LogP contribution in [-0.4, -0.2) is 12.3 Å². The van der Waals surface area contributed by atoms with Gasteiger partial charge in [-0.05, 0) is 41.0 Å². The molecule has 0 aliphatic rings. The van der Waals surface area contributed by atoms with Gasteiger partial charge in [0, 0.05) is 5.71 Å². The second-order valence-corrected chi connectivity index (χ2v) is 6.53. The zero-order chi connectivity index (χ0) is 16.8. The normalized spacial score (nSPS) is 13.2. The second kappa shape index (κ2) is 7.92. The number of aliphatic imine (C=N–C) groups is 1. The fourth-order valence-electron chi connectivity index (χ4n) is 2.48. The molecule has 2 rings (SSSR count). The lowest BCUT2D eigenvalue weighted by atomic mass is 9.89. The molecule has 1 heteroatoms. The molecule has 0 saturated heterocycles. The van der Waals surface area contributed by atoms with Crippen molar-refractivity contribution in [3.63, 3.8) is 0 Å². The molecule has 23 heavy (non-hydrogen) atoms. The monoisotopic (exact) mass is 305 g/mol. The lowest BCUT2D eigenvalue weighted by Crippen LogP contribution is -2.02. The summed E-state index contributed by atoms with van der Waals surface area (Å²) >= 11 is 0. The molecule has 0 heterocycles. The molecule has 0 spiro atoms. The van der Waals surface area contributed by atoms with Gasteiger partial charge in [0.05, 0.1) is 6.54 Å². The molecule has 2 aromatic carbocycles. The molecule has 1 atom stereocenters. The van der Waals surface area contributed by atoms with Crippen LogP contribution in [0.2, 0.25) is 0 Å². The van der Waals surface area contributed by atoms with Crippen LogP contribution in [0.5, 0.6) is 0 Å². The van der Waals surface area contributed by atoms with Crippen molar-refractivity contribution in [2.24, 2.45) is 10.9 Å². The van der Waals surface area contributed by atoms with Crippen molar-refractivity contribution in [2.75, 3.05) is 6.54 Å². The van der Waals surface area contributed by atoms with Gasteiger partial charge in [-0.3, -0.25) is 4.99 Å². The minimum absolute atomic E-state index is 0.579. The van der Waals surface area contributed by atoms with Gasteiger partial charge in [0.25, 0.3) is 0 Å².